The molecule has 0 bridgehead atoms. The summed E-state index contributed by atoms with van der Waals surface area (Å²) in [5.41, 5.74) is 5.63. The molecule has 0 spiro atoms. The minimum absolute atomic E-state index is 0.209. The highest BCUT2D eigenvalue weighted by molar-refractivity contribution is 5.75. The van der Waals surface area contributed by atoms with Crippen LogP contribution in [0.4, 0.5) is 0 Å². The van der Waals surface area contributed by atoms with Crippen molar-refractivity contribution in [3.63, 3.8) is 0 Å². The molecule has 0 aliphatic carbocycles. The van der Waals surface area contributed by atoms with Crippen molar-refractivity contribution in [1.29, 1.82) is 0 Å². The van der Waals surface area contributed by atoms with E-state index in [0.717, 1.165) is 13.1 Å². The van der Waals surface area contributed by atoms with E-state index in [1.54, 1.807) is 0 Å². The standard InChI is InChI=1S/C11H22N2O2/c1-8-4-9(2)7-13(6-8)10(5-12)11(14)15-3/h8-10H,4-7,12H2,1-3H3. The highest BCUT2D eigenvalue weighted by Gasteiger charge is 2.31. The van der Waals surface area contributed by atoms with Crippen LogP contribution in [-0.4, -0.2) is 43.7 Å². The number of ether oxygens (including phenoxy) is 1. The first-order chi connectivity index (χ1) is 7.08. The number of hydrogen-bond acceptors (Lipinski definition) is 4. The first-order valence-corrected chi connectivity index (χ1v) is 5.60. The average molecular weight is 214 g/mol. The molecule has 4 nitrogen and oxygen atoms in total. The van der Waals surface area contributed by atoms with Crippen LogP contribution in [0.3, 0.4) is 0 Å². The summed E-state index contributed by atoms with van der Waals surface area (Å²) >= 11 is 0. The van der Waals surface area contributed by atoms with Gasteiger partial charge >= 0.3 is 5.97 Å². The van der Waals surface area contributed by atoms with Crippen LogP contribution in [0.1, 0.15) is 20.3 Å². The van der Waals surface area contributed by atoms with Gasteiger partial charge in [0.25, 0.3) is 0 Å². The van der Waals surface area contributed by atoms with E-state index in [0.29, 0.717) is 18.4 Å². The zero-order chi connectivity index (χ0) is 11.4. The predicted molar refractivity (Wildman–Crippen MR) is 59.4 cm³/mol. The van der Waals surface area contributed by atoms with Gasteiger partial charge < -0.3 is 10.5 Å². The highest BCUT2D eigenvalue weighted by atomic mass is 16.5. The summed E-state index contributed by atoms with van der Waals surface area (Å²) in [5.74, 6) is 1.05. The SMILES string of the molecule is COC(=O)C(CN)N1CC(C)CC(C)C1. The van der Waals surface area contributed by atoms with E-state index >= 15 is 0 Å². The molecule has 1 fully saturated rings. The molecule has 1 heterocycles. The quantitative estimate of drug-likeness (QED) is 0.694. The summed E-state index contributed by atoms with van der Waals surface area (Å²) in [5, 5.41) is 0. The summed E-state index contributed by atoms with van der Waals surface area (Å²) in [6.07, 6.45) is 1.23. The van der Waals surface area contributed by atoms with E-state index in [9.17, 15) is 4.79 Å². The molecule has 1 saturated heterocycles. The lowest BCUT2D eigenvalue weighted by Gasteiger charge is -2.38. The number of esters is 1. The molecule has 0 aromatic heterocycles. The Bertz CT molecular complexity index is 211. The molecule has 0 amide bonds. The summed E-state index contributed by atoms with van der Waals surface area (Å²) in [6.45, 7) is 6.66. The molecular weight excluding hydrogens is 192 g/mol. The fourth-order valence-electron chi connectivity index (χ4n) is 2.50. The van der Waals surface area contributed by atoms with Crippen molar-refractivity contribution in [2.75, 3.05) is 26.7 Å². The topological polar surface area (TPSA) is 55.6 Å². The predicted octanol–water partition coefficient (Wildman–Crippen LogP) is 0.465. The van der Waals surface area contributed by atoms with Crippen LogP contribution in [0.2, 0.25) is 0 Å². The zero-order valence-electron chi connectivity index (χ0n) is 9.90. The maximum absolute atomic E-state index is 11.5. The molecule has 0 radical (unpaired) electrons. The Hall–Kier alpha value is -0.610. The smallest absolute Gasteiger partial charge is 0.324 e. The molecule has 3 atom stereocenters. The van der Waals surface area contributed by atoms with Gasteiger partial charge in [-0.1, -0.05) is 13.8 Å². The monoisotopic (exact) mass is 214 g/mol. The number of carbonyl (C=O) groups excluding carboxylic acids is 1. The van der Waals surface area contributed by atoms with E-state index in [4.69, 9.17) is 10.5 Å². The molecule has 2 N–H and O–H groups in total. The second-order valence-corrected chi connectivity index (χ2v) is 4.67. The Kier molecular flexibility index (Phi) is 4.54. The number of piperidine rings is 1. The van der Waals surface area contributed by atoms with Crippen molar-refractivity contribution in [3.8, 4) is 0 Å². The van der Waals surface area contributed by atoms with Crippen LogP contribution in [0.15, 0.2) is 0 Å². The van der Waals surface area contributed by atoms with Gasteiger partial charge in [0, 0.05) is 19.6 Å². The first-order valence-electron chi connectivity index (χ1n) is 5.60. The summed E-state index contributed by atoms with van der Waals surface area (Å²) in [7, 11) is 1.42. The summed E-state index contributed by atoms with van der Waals surface area (Å²) in [4.78, 5) is 13.7. The van der Waals surface area contributed by atoms with Gasteiger partial charge in [0.15, 0.2) is 0 Å². The fraction of sp³-hybridized carbons (Fsp3) is 0.909. The second kappa shape index (κ2) is 5.47. The molecular formula is C11H22N2O2. The van der Waals surface area contributed by atoms with Gasteiger partial charge in [0.1, 0.15) is 6.04 Å². The largest absolute Gasteiger partial charge is 0.468 e. The lowest BCUT2D eigenvalue weighted by atomic mass is 9.91. The molecule has 1 aliphatic heterocycles. The number of likely N-dealkylation sites (tertiary alicyclic amines) is 1. The molecule has 3 unspecified atom stereocenters. The Morgan fingerprint density at radius 3 is 2.40 bits per heavy atom. The number of nitrogens with zero attached hydrogens (tertiary/aromatic N) is 1. The number of hydrogen-bond donors (Lipinski definition) is 1. The van der Waals surface area contributed by atoms with Crippen molar-refractivity contribution < 1.29 is 9.53 Å². The Balaban J connectivity index is 2.63. The van der Waals surface area contributed by atoms with E-state index in [1.165, 1.54) is 13.5 Å². The summed E-state index contributed by atoms with van der Waals surface area (Å²) in [6, 6.07) is -0.264. The minimum atomic E-state index is -0.264. The number of rotatable bonds is 3. The Labute approximate surface area is 91.8 Å². The third-order valence-electron chi connectivity index (χ3n) is 3.03. The number of carbonyl (C=O) groups is 1. The summed E-state index contributed by atoms with van der Waals surface area (Å²) < 4.78 is 4.77. The number of nitrogens with two attached hydrogens (primary N) is 1. The maximum atomic E-state index is 11.5. The Morgan fingerprint density at radius 2 is 2.00 bits per heavy atom. The van der Waals surface area contributed by atoms with E-state index in [2.05, 4.69) is 18.7 Å². The molecule has 0 saturated carbocycles. The number of methoxy groups -OCH3 is 1. The van der Waals surface area contributed by atoms with Crippen LogP contribution in [0, 0.1) is 11.8 Å². The van der Waals surface area contributed by atoms with E-state index in [-0.39, 0.29) is 12.0 Å². The average Bonchev–Trinajstić information content (AvgIpc) is 2.17. The molecule has 15 heavy (non-hydrogen) atoms. The van der Waals surface area contributed by atoms with Crippen LogP contribution < -0.4 is 5.73 Å². The van der Waals surface area contributed by atoms with Crippen LogP contribution >= 0.6 is 0 Å². The fourth-order valence-corrected chi connectivity index (χ4v) is 2.50. The van der Waals surface area contributed by atoms with Gasteiger partial charge in [-0.2, -0.15) is 0 Å². The van der Waals surface area contributed by atoms with Gasteiger partial charge in [0.05, 0.1) is 7.11 Å². The lowest BCUT2D eigenvalue weighted by Crippen LogP contribution is -2.52. The lowest BCUT2D eigenvalue weighted by molar-refractivity contribution is -0.147. The molecule has 1 rings (SSSR count). The molecule has 4 heteroatoms. The Morgan fingerprint density at radius 1 is 1.47 bits per heavy atom. The first kappa shape index (κ1) is 12.5. The molecule has 0 aromatic carbocycles. The van der Waals surface area contributed by atoms with Gasteiger partial charge in [-0.3, -0.25) is 9.69 Å². The van der Waals surface area contributed by atoms with Crippen molar-refractivity contribution in [1.82, 2.24) is 4.90 Å². The third-order valence-corrected chi connectivity index (χ3v) is 3.03. The second-order valence-electron chi connectivity index (χ2n) is 4.67. The van der Waals surface area contributed by atoms with Gasteiger partial charge in [-0.25, -0.2) is 0 Å². The maximum Gasteiger partial charge on any atom is 0.324 e. The van der Waals surface area contributed by atoms with Crippen LogP contribution in [-0.2, 0) is 9.53 Å². The van der Waals surface area contributed by atoms with Crippen molar-refractivity contribution in [3.05, 3.63) is 0 Å². The van der Waals surface area contributed by atoms with Gasteiger partial charge in [0.2, 0.25) is 0 Å². The molecule has 0 aromatic rings. The zero-order valence-corrected chi connectivity index (χ0v) is 9.90. The van der Waals surface area contributed by atoms with Gasteiger partial charge in [-0.15, -0.1) is 0 Å². The van der Waals surface area contributed by atoms with Crippen molar-refractivity contribution in [2.24, 2.45) is 17.6 Å². The van der Waals surface area contributed by atoms with Crippen LogP contribution in [0.5, 0.6) is 0 Å². The van der Waals surface area contributed by atoms with E-state index in [1.807, 2.05) is 0 Å². The molecule has 1 aliphatic rings. The minimum Gasteiger partial charge on any atom is -0.468 e. The van der Waals surface area contributed by atoms with Crippen molar-refractivity contribution in [2.45, 2.75) is 26.3 Å². The van der Waals surface area contributed by atoms with Gasteiger partial charge in [-0.05, 0) is 18.3 Å². The highest BCUT2D eigenvalue weighted by Crippen LogP contribution is 2.22. The van der Waals surface area contributed by atoms with Crippen LogP contribution in [0.25, 0.3) is 0 Å². The van der Waals surface area contributed by atoms with Crippen molar-refractivity contribution >= 4 is 5.97 Å². The van der Waals surface area contributed by atoms with E-state index < -0.39 is 0 Å². The third kappa shape index (κ3) is 3.18. The molecule has 88 valence electrons. The normalized spacial score (nSPS) is 29.9.